The Bertz CT molecular complexity index is 1240. The molecule has 0 aliphatic carbocycles. The van der Waals surface area contributed by atoms with Crippen LogP contribution in [-0.4, -0.2) is 56.6 Å². The fraction of sp³-hybridized carbons (Fsp3) is 0.370. The van der Waals surface area contributed by atoms with E-state index in [1.807, 2.05) is 12.1 Å². The number of rotatable bonds is 9. The van der Waals surface area contributed by atoms with Crippen LogP contribution < -0.4 is 10.4 Å². The maximum atomic E-state index is 12.0. The lowest BCUT2D eigenvalue weighted by Gasteiger charge is -2.34. The number of piperidine rings is 1. The lowest BCUT2D eigenvalue weighted by Crippen LogP contribution is -2.38. The van der Waals surface area contributed by atoms with Gasteiger partial charge in [0, 0.05) is 32.7 Å². The van der Waals surface area contributed by atoms with Crippen LogP contribution in [0.15, 0.2) is 77.6 Å². The van der Waals surface area contributed by atoms with Crippen LogP contribution in [0, 0.1) is 0 Å². The van der Waals surface area contributed by atoms with Gasteiger partial charge in [-0.1, -0.05) is 60.7 Å². The van der Waals surface area contributed by atoms with Crippen LogP contribution in [0.1, 0.15) is 36.5 Å². The smallest absolute Gasteiger partial charge is 0.367 e. The maximum Gasteiger partial charge on any atom is 0.367 e. The van der Waals surface area contributed by atoms with Gasteiger partial charge in [0.2, 0.25) is 5.88 Å². The lowest BCUT2D eigenvalue weighted by atomic mass is 10.00. The van der Waals surface area contributed by atoms with Gasteiger partial charge in [0.25, 0.3) is 0 Å². The Morgan fingerprint density at radius 2 is 1.57 bits per heavy atom. The fourth-order valence-electron chi connectivity index (χ4n) is 4.56. The molecule has 0 amide bonds. The van der Waals surface area contributed by atoms with Gasteiger partial charge in [-0.2, -0.15) is 4.52 Å². The van der Waals surface area contributed by atoms with Crippen LogP contribution in [0.4, 0.5) is 0 Å². The van der Waals surface area contributed by atoms with Crippen molar-refractivity contribution in [2.45, 2.75) is 31.5 Å². The molecule has 2 aromatic heterocycles. The van der Waals surface area contributed by atoms with Crippen molar-refractivity contribution in [3.05, 3.63) is 94.4 Å². The molecule has 0 N–H and O–H groups in total. The van der Waals surface area contributed by atoms with Crippen molar-refractivity contribution in [2.75, 3.05) is 26.2 Å². The normalized spacial score (nSPS) is 15.1. The average Bonchev–Trinajstić information content (AvgIpc) is 3.19. The number of ether oxygens (including phenoxy) is 2. The molecule has 1 fully saturated rings. The molecule has 0 unspecified atom stereocenters. The molecule has 0 radical (unpaired) electrons. The van der Waals surface area contributed by atoms with Gasteiger partial charge in [0.15, 0.2) is 5.65 Å². The Hall–Kier alpha value is -3.49. The van der Waals surface area contributed by atoms with E-state index in [9.17, 15) is 4.79 Å². The quantitative estimate of drug-likeness (QED) is 0.347. The van der Waals surface area contributed by atoms with E-state index in [1.165, 1.54) is 20.3 Å². The SMILES string of the molecule is Cn1nc2ccc(OCCCN3CCC(OC(c4ccccc4)c4ccccc4)CC3)nn2c1=O. The van der Waals surface area contributed by atoms with Crippen molar-refractivity contribution in [2.24, 2.45) is 7.05 Å². The first kappa shape index (κ1) is 23.3. The zero-order valence-electron chi connectivity index (χ0n) is 20.0. The summed E-state index contributed by atoms with van der Waals surface area (Å²) in [6.07, 6.45) is 3.11. The highest BCUT2D eigenvalue weighted by Crippen LogP contribution is 2.30. The minimum Gasteiger partial charge on any atom is -0.477 e. The minimum absolute atomic E-state index is 0.0421. The van der Waals surface area contributed by atoms with E-state index in [-0.39, 0.29) is 17.9 Å². The van der Waals surface area contributed by atoms with Gasteiger partial charge < -0.3 is 14.4 Å². The summed E-state index contributed by atoms with van der Waals surface area (Å²) in [5, 5.41) is 8.34. The van der Waals surface area contributed by atoms with Crippen molar-refractivity contribution >= 4 is 5.65 Å². The van der Waals surface area contributed by atoms with Crippen molar-refractivity contribution < 1.29 is 9.47 Å². The van der Waals surface area contributed by atoms with Crippen LogP contribution in [0.3, 0.4) is 0 Å². The van der Waals surface area contributed by atoms with Gasteiger partial charge in [-0.25, -0.2) is 9.48 Å². The summed E-state index contributed by atoms with van der Waals surface area (Å²) in [6.45, 7) is 3.53. The molecule has 8 heteroatoms. The van der Waals surface area contributed by atoms with Crippen LogP contribution >= 0.6 is 0 Å². The van der Waals surface area contributed by atoms with Crippen molar-refractivity contribution in [3.63, 3.8) is 0 Å². The summed E-state index contributed by atoms with van der Waals surface area (Å²) < 4.78 is 15.0. The van der Waals surface area contributed by atoms with E-state index in [0.717, 1.165) is 38.9 Å². The molecule has 8 nitrogen and oxygen atoms in total. The average molecular weight is 474 g/mol. The van der Waals surface area contributed by atoms with Crippen LogP contribution in [0.5, 0.6) is 5.88 Å². The molecule has 182 valence electrons. The molecular formula is C27H31N5O3. The second-order valence-electron chi connectivity index (χ2n) is 8.93. The number of hydrogen-bond acceptors (Lipinski definition) is 6. The third-order valence-electron chi connectivity index (χ3n) is 6.44. The number of fused-ring (bicyclic) bond motifs is 1. The van der Waals surface area contributed by atoms with Crippen LogP contribution in [0.2, 0.25) is 0 Å². The second kappa shape index (κ2) is 10.8. The molecule has 3 heterocycles. The lowest BCUT2D eigenvalue weighted by molar-refractivity contribution is -0.0273. The molecule has 4 aromatic rings. The van der Waals surface area contributed by atoms with E-state index in [0.29, 0.717) is 18.1 Å². The molecule has 0 saturated carbocycles. The molecular weight excluding hydrogens is 442 g/mol. The summed E-state index contributed by atoms with van der Waals surface area (Å²) >= 11 is 0. The Balaban J connectivity index is 1.09. The predicted octanol–water partition coefficient (Wildman–Crippen LogP) is 3.47. The molecule has 5 rings (SSSR count). The minimum atomic E-state index is -0.280. The first-order valence-corrected chi connectivity index (χ1v) is 12.2. The predicted molar refractivity (Wildman–Crippen MR) is 134 cm³/mol. The van der Waals surface area contributed by atoms with Gasteiger partial charge in [-0.05, 0) is 36.5 Å². The standard InChI is InChI=1S/C27H31N5O3/c1-30-27(33)32-24(28-30)13-14-25(29-32)34-20-8-17-31-18-15-23(16-19-31)35-26(21-9-4-2-5-10-21)22-11-6-3-7-12-22/h2-7,9-14,23,26H,8,15-20H2,1H3. The number of likely N-dealkylation sites (tertiary alicyclic amines) is 1. The van der Waals surface area contributed by atoms with Crippen molar-refractivity contribution in [3.8, 4) is 5.88 Å². The van der Waals surface area contributed by atoms with Crippen molar-refractivity contribution in [1.82, 2.24) is 24.3 Å². The number of benzene rings is 2. The van der Waals surface area contributed by atoms with Gasteiger partial charge in [-0.15, -0.1) is 10.2 Å². The maximum absolute atomic E-state index is 12.0. The summed E-state index contributed by atoms with van der Waals surface area (Å²) in [5.41, 5.74) is 2.62. The monoisotopic (exact) mass is 473 g/mol. The van der Waals surface area contributed by atoms with Gasteiger partial charge in [0.05, 0.1) is 12.7 Å². The molecule has 0 bridgehead atoms. The molecule has 1 aliphatic rings. The topological polar surface area (TPSA) is 73.9 Å². The van der Waals surface area contributed by atoms with E-state index < -0.39 is 0 Å². The Kier molecular flexibility index (Phi) is 7.20. The molecule has 35 heavy (non-hydrogen) atoms. The molecule has 0 atom stereocenters. The molecule has 0 spiro atoms. The molecule has 1 aliphatic heterocycles. The summed E-state index contributed by atoms with van der Waals surface area (Å²) in [4.78, 5) is 14.5. The second-order valence-corrected chi connectivity index (χ2v) is 8.93. The molecule has 2 aromatic carbocycles. The Labute approximate surface area is 204 Å². The number of nitrogens with zero attached hydrogens (tertiary/aromatic N) is 5. The van der Waals surface area contributed by atoms with Crippen molar-refractivity contribution in [1.29, 1.82) is 0 Å². The zero-order valence-corrected chi connectivity index (χ0v) is 20.0. The number of hydrogen-bond donors (Lipinski definition) is 0. The van der Waals surface area contributed by atoms with Gasteiger partial charge in [0.1, 0.15) is 6.10 Å². The summed E-state index contributed by atoms with van der Waals surface area (Å²) in [7, 11) is 1.61. The highest BCUT2D eigenvalue weighted by atomic mass is 16.5. The van der Waals surface area contributed by atoms with E-state index in [4.69, 9.17) is 9.47 Å². The summed E-state index contributed by atoms with van der Waals surface area (Å²) in [5.74, 6) is 0.438. The van der Waals surface area contributed by atoms with E-state index in [1.54, 1.807) is 19.2 Å². The van der Waals surface area contributed by atoms with Gasteiger partial charge >= 0.3 is 5.69 Å². The van der Waals surface area contributed by atoms with Crippen LogP contribution in [0.25, 0.3) is 5.65 Å². The Morgan fingerprint density at radius 3 is 2.23 bits per heavy atom. The van der Waals surface area contributed by atoms with Crippen LogP contribution in [-0.2, 0) is 11.8 Å². The van der Waals surface area contributed by atoms with E-state index >= 15 is 0 Å². The zero-order chi connectivity index (χ0) is 24.0. The number of aromatic nitrogens is 4. The first-order valence-electron chi connectivity index (χ1n) is 12.2. The largest absolute Gasteiger partial charge is 0.477 e. The third-order valence-corrected chi connectivity index (χ3v) is 6.44. The fourth-order valence-corrected chi connectivity index (χ4v) is 4.56. The van der Waals surface area contributed by atoms with Gasteiger partial charge in [-0.3, -0.25) is 0 Å². The Morgan fingerprint density at radius 1 is 0.914 bits per heavy atom. The number of aryl methyl sites for hydroxylation is 1. The third kappa shape index (κ3) is 5.61. The van der Waals surface area contributed by atoms with E-state index in [2.05, 4.69) is 63.6 Å². The highest BCUT2D eigenvalue weighted by Gasteiger charge is 2.24. The summed E-state index contributed by atoms with van der Waals surface area (Å²) in [6, 6.07) is 24.4. The highest BCUT2D eigenvalue weighted by molar-refractivity contribution is 5.36. The first-order chi connectivity index (χ1) is 17.2. The molecule has 1 saturated heterocycles.